The van der Waals surface area contributed by atoms with Crippen LogP contribution in [0.2, 0.25) is 12.6 Å². The summed E-state index contributed by atoms with van der Waals surface area (Å²) in [6.45, 7) is 8.69. The van der Waals surface area contributed by atoms with Gasteiger partial charge in [-0.2, -0.15) is 0 Å². The highest BCUT2D eigenvalue weighted by Crippen LogP contribution is 2.19. The lowest BCUT2D eigenvalue weighted by Crippen LogP contribution is -2.40. The quantitative estimate of drug-likeness (QED) is 0.592. The summed E-state index contributed by atoms with van der Waals surface area (Å²) in [5.74, 6) is 0. The Morgan fingerprint density at radius 2 is 1.69 bits per heavy atom. The van der Waals surface area contributed by atoms with Crippen LogP contribution in [0.1, 0.15) is 40.0 Å². The minimum atomic E-state index is -1.83. The van der Waals surface area contributed by atoms with Crippen LogP contribution >= 0.6 is 0 Å². The van der Waals surface area contributed by atoms with Crippen LogP contribution < -0.4 is 0 Å². The molecule has 2 nitrogen and oxygen atoms in total. The fraction of sp³-hybridized carbons (Fsp3) is 1.00. The molecule has 13 heavy (non-hydrogen) atoms. The Morgan fingerprint density at radius 3 is 2.00 bits per heavy atom. The maximum absolute atomic E-state index is 6.04. The summed E-state index contributed by atoms with van der Waals surface area (Å²) < 4.78 is 11.6. The van der Waals surface area contributed by atoms with E-state index < -0.39 is 8.56 Å². The van der Waals surface area contributed by atoms with Crippen molar-refractivity contribution in [2.24, 2.45) is 0 Å². The summed E-state index contributed by atoms with van der Waals surface area (Å²) in [6.07, 6.45) is 3.72. The molecule has 0 saturated carbocycles. The predicted molar refractivity (Wildman–Crippen MR) is 59.2 cm³/mol. The van der Waals surface area contributed by atoms with Gasteiger partial charge in [0.15, 0.2) is 0 Å². The van der Waals surface area contributed by atoms with Gasteiger partial charge < -0.3 is 8.85 Å². The van der Waals surface area contributed by atoms with Crippen LogP contribution in [0.15, 0.2) is 0 Å². The van der Waals surface area contributed by atoms with E-state index in [0.717, 1.165) is 25.3 Å². The van der Waals surface area contributed by atoms with Crippen LogP contribution in [0.5, 0.6) is 0 Å². The molecule has 0 rings (SSSR count). The molecule has 1 unspecified atom stereocenters. The van der Waals surface area contributed by atoms with Crippen LogP contribution in [-0.4, -0.2) is 21.8 Å². The van der Waals surface area contributed by atoms with E-state index >= 15 is 0 Å². The molecule has 1 atom stereocenters. The Bertz CT molecular complexity index is 126. The molecule has 0 aromatic carbocycles. The zero-order chi connectivity index (χ0) is 10.3. The zero-order valence-electron chi connectivity index (χ0n) is 9.72. The van der Waals surface area contributed by atoms with Gasteiger partial charge in [0.1, 0.15) is 0 Å². The fourth-order valence-corrected chi connectivity index (χ4v) is 3.84. The standard InChI is InChI=1S/C10H24O2Si/c1-6-9-13(5,11-4)12-10(7-2)8-3/h10H,6-9H2,1-5H3. The van der Waals surface area contributed by atoms with Gasteiger partial charge >= 0.3 is 8.56 Å². The molecule has 0 aromatic rings. The highest BCUT2D eigenvalue weighted by molar-refractivity contribution is 6.66. The largest absolute Gasteiger partial charge is 0.398 e. The molecule has 0 bridgehead atoms. The molecule has 0 aromatic heterocycles. The molecule has 3 heteroatoms. The molecule has 0 fully saturated rings. The Morgan fingerprint density at radius 1 is 1.15 bits per heavy atom. The maximum atomic E-state index is 6.04. The summed E-state index contributed by atoms with van der Waals surface area (Å²) in [7, 11) is -0.0464. The third kappa shape index (κ3) is 4.79. The van der Waals surface area contributed by atoms with Gasteiger partial charge in [0.05, 0.1) is 0 Å². The first kappa shape index (κ1) is 13.1. The summed E-state index contributed by atoms with van der Waals surface area (Å²) >= 11 is 0. The van der Waals surface area contributed by atoms with Gasteiger partial charge in [-0.1, -0.05) is 27.2 Å². The molecule has 0 heterocycles. The number of hydrogen-bond acceptors (Lipinski definition) is 2. The van der Waals surface area contributed by atoms with Crippen molar-refractivity contribution >= 4 is 8.56 Å². The monoisotopic (exact) mass is 204 g/mol. The SMILES string of the molecule is CCC[Si](C)(OC)OC(CC)CC. The van der Waals surface area contributed by atoms with Crippen molar-refractivity contribution in [3.8, 4) is 0 Å². The van der Waals surface area contributed by atoms with E-state index in [1.54, 1.807) is 7.11 Å². The molecule has 0 aliphatic rings. The van der Waals surface area contributed by atoms with Crippen molar-refractivity contribution in [3.63, 3.8) is 0 Å². The predicted octanol–water partition coefficient (Wildman–Crippen LogP) is 3.32. The van der Waals surface area contributed by atoms with Crippen molar-refractivity contribution in [1.29, 1.82) is 0 Å². The third-order valence-electron chi connectivity index (χ3n) is 2.46. The fourth-order valence-electron chi connectivity index (χ4n) is 1.47. The van der Waals surface area contributed by atoms with Crippen LogP contribution in [0, 0.1) is 0 Å². The lowest BCUT2D eigenvalue weighted by atomic mass is 10.2. The molecular weight excluding hydrogens is 180 g/mol. The normalized spacial score (nSPS) is 16.2. The topological polar surface area (TPSA) is 18.5 Å². The van der Waals surface area contributed by atoms with Gasteiger partial charge in [0, 0.05) is 13.2 Å². The smallest absolute Gasteiger partial charge is 0.334 e. The second-order valence-corrected chi connectivity index (χ2v) is 7.06. The summed E-state index contributed by atoms with van der Waals surface area (Å²) in [5, 5.41) is 0. The second kappa shape index (κ2) is 6.57. The third-order valence-corrected chi connectivity index (χ3v) is 5.57. The molecule has 0 aliphatic carbocycles. The molecule has 0 radical (unpaired) electrons. The van der Waals surface area contributed by atoms with E-state index in [2.05, 4.69) is 27.3 Å². The van der Waals surface area contributed by atoms with Crippen molar-refractivity contribution in [2.45, 2.75) is 58.7 Å². The van der Waals surface area contributed by atoms with Crippen LogP contribution in [0.25, 0.3) is 0 Å². The summed E-state index contributed by atoms with van der Waals surface area (Å²) in [5.41, 5.74) is 0. The summed E-state index contributed by atoms with van der Waals surface area (Å²) in [6, 6.07) is 1.10. The molecule has 0 N–H and O–H groups in total. The lowest BCUT2D eigenvalue weighted by molar-refractivity contribution is 0.126. The van der Waals surface area contributed by atoms with E-state index in [1.807, 2.05) is 0 Å². The van der Waals surface area contributed by atoms with Gasteiger partial charge in [-0.3, -0.25) is 0 Å². The van der Waals surface area contributed by atoms with Crippen molar-refractivity contribution < 1.29 is 8.85 Å². The average molecular weight is 204 g/mol. The van der Waals surface area contributed by atoms with Gasteiger partial charge in [-0.25, -0.2) is 0 Å². The molecular formula is C10H24O2Si. The first-order valence-electron chi connectivity index (χ1n) is 5.34. The van der Waals surface area contributed by atoms with Crippen LogP contribution in [-0.2, 0) is 8.85 Å². The van der Waals surface area contributed by atoms with E-state index in [-0.39, 0.29) is 0 Å². The Hall–Kier alpha value is 0.137. The first-order valence-corrected chi connectivity index (χ1v) is 7.87. The van der Waals surface area contributed by atoms with Crippen molar-refractivity contribution in [1.82, 2.24) is 0 Å². The Balaban J connectivity index is 4.07. The van der Waals surface area contributed by atoms with Crippen LogP contribution in [0.4, 0.5) is 0 Å². The minimum absolute atomic E-state index is 0.392. The van der Waals surface area contributed by atoms with E-state index in [9.17, 15) is 0 Å². The maximum Gasteiger partial charge on any atom is 0.334 e. The highest BCUT2D eigenvalue weighted by atomic mass is 28.4. The zero-order valence-corrected chi connectivity index (χ0v) is 10.7. The highest BCUT2D eigenvalue weighted by Gasteiger charge is 2.31. The lowest BCUT2D eigenvalue weighted by Gasteiger charge is -2.29. The molecule has 0 spiro atoms. The second-order valence-electron chi connectivity index (χ2n) is 3.64. The summed E-state index contributed by atoms with van der Waals surface area (Å²) in [4.78, 5) is 0. The van der Waals surface area contributed by atoms with Crippen molar-refractivity contribution in [3.05, 3.63) is 0 Å². The Labute approximate surface area is 83.9 Å². The van der Waals surface area contributed by atoms with Gasteiger partial charge in [0.25, 0.3) is 0 Å². The van der Waals surface area contributed by atoms with Gasteiger partial charge in [0.2, 0.25) is 0 Å². The van der Waals surface area contributed by atoms with Gasteiger partial charge in [-0.05, 0) is 25.4 Å². The molecule has 0 saturated heterocycles. The van der Waals surface area contributed by atoms with Gasteiger partial charge in [-0.15, -0.1) is 0 Å². The van der Waals surface area contributed by atoms with E-state index in [0.29, 0.717) is 6.10 Å². The van der Waals surface area contributed by atoms with Crippen molar-refractivity contribution in [2.75, 3.05) is 7.11 Å². The molecule has 0 aliphatic heterocycles. The minimum Gasteiger partial charge on any atom is -0.398 e. The van der Waals surface area contributed by atoms with E-state index in [4.69, 9.17) is 8.85 Å². The van der Waals surface area contributed by atoms with E-state index in [1.165, 1.54) is 0 Å². The van der Waals surface area contributed by atoms with Crippen LogP contribution in [0.3, 0.4) is 0 Å². The molecule has 80 valence electrons. The Kier molecular flexibility index (Phi) is 6.64. The first-order chi connectivity index (χ1) is 6.11. The number of rotatable bonds is 7. The average Bonchev–Trinajstić information content (AvgIpc) is 2.15. The molecule has 0 amide bonds. The number of hydrogen-bond donors (Lipinski definition) is 0.